The molecule has 6 nitrogen and oxygen atoms in total. The van der Waals surface area contributed by atoms with Gasteiger partial charge in [-0.05, 0) is 44.0 Å². The molecule has 2 aliphatic heterocycles. The fourth-order valence-electron chi connectivity index (χ4n) is 4.24. The molecule has 176 valence electrons. The molecule has 2 aromatic rings. The number of nitrogens with zero attached hydrogens (tertiary/aromatic N) is 1. The minimum atomic E-state index is -0.379. The summed E-state index contributed by atoms with van der Waals surface area (Å²) in [5.41, 5.74) is 4.70. The maximum atomic E-state index is 13.8. The molecule has 33 heavy (non-hydrogen) atoms. The van der Waals surface area contributed by atoms with Crippen LogP contribution in [0.2, 0.25) is 0 Å². The minimum Gasteiger partial charge on any atom is -0.487 e. The number of rotatable bonds is 11. The first-order chi connectivity index (χ1) is 16.1. The van der Waals surface area contributed by atoms with Crippen LogP contribution in [0.4, 0.5) is 10.1 Å². The number of carbonyl (C=O) groups is 1. The summed E-state index contributed by atoms with van der Waals surface area (Å²) >= 11 is 0. The molecule has 2 aromatic carbocycles. The fourth-order valence-corrected chi connectivity index (χ4v) is 4.24. The molecule has 4 rings (SSSR count). The van der Waals surface area contributed by atoms with Gasteiger partial charge in [0.25, 0.3) is 5.91 Å². The number of ether oxygens (including phenoxy) is 3. The second kappa shape index (κ2) is 10.9. The molecule has 0 aromatic heterocycles. The maximum Gasteiger partial charge on any atom is 0.260 e. The lowest BCUT2D eigenvalue weighted by Crippen LogP contribution is -2.33. The predicted octanol–water partition coefficient (Wildman–Crippen LogP) is 4.09. The highest BCUT2D eigenvalue weighted by atomic mass is 19.1. The zero-order valence-corrected chi connectivity index (χ0v) is 19.3. The number of anilines is 1. The number of benzene rings is 2. The Labute approximate surface area is 194 Å². The van der Waals surface area contributed by atoms with Gasteiger partial charge in [0, 0.05) is 55.2 Å². The summed E-state index contributed by atoms with van der Waals surface area (Å²) < 4.78 is 30.8. The van der Waals surface area contributed by atoms with Gasteiger partial charge >= 0.3 is 0 Å². The molecule has 7 heteroatoms. The third-order valence-corrected chi connectivity index (χ3v) is 5.97. The van der Waals surface area contributed by atoms with E-state index in [2.05, 4.69) is 22.3 Å². The summed E-state index contributed by atoms with van der Waals surface area (Å²) in [4.78, 5) is 15.0. The summed E-state index contributed by atoms with van der Waals surface area (Å²) in [7, 11) is 0. The molecule has 1 amide bonds. The average Bonchev–Trinajstić information content (AvgIpc) is 3.36. The summed E-state index contributed by atoms with van der Waals surface area (Å²) in [6.07, 6.45) is 0.895. The summed E-state index contributed by atoms with van der Waals surface area (Å²) in [5, 5.41) is 2.80. The van der Waals surface area contributed by atoms with Gasteiger partial charge in [-0.2, -0.15) is 0 Å². The van der Waals surface area contributed by atoms with Crippen LogP contribution in [0.5, 0.6) is 0 Å². The van der Waals surface area contributed by atoms with Crippen LogP contribution in [0, 0.1) is 5.82 Å². The second-order valence-corrected chi connectivity index (χ2v) is 8.11. The first kappa shape index (κ1) is 23.4. The van der Waals surface area contributed by atoms with Gasteiger partial charge in [0.15, 0.2) is 0 Å². The lowest BCUT2D eigenvalue weighted by atomic mass is 9.98. The van der Waals surface area contributed by atoms with Gasteiger partial charge in [-0.1, -0.05) is 18.2 Å². The Hall–Kier alpha value is -2.74. The Morgan fingerprint density at radius 2 is 1.76 bits per heavy atom. The Kier molecular flexibility index (Phi) is 7.75. The van der Waals surface area contributed by atoms with Crippen LogP contribution in [0.15, 0.2) is 36.4 Å². The van der Waals surface area contributed by atoms with Crippen molar-refractivity contribution in [1.29, 1.82) is 0 Å². The lowest BCUT2D eigenvalue weighted by Gasteiger charge is -2.22. The van der Waals surface area contributed by atoms with Gasteiger partial charge in [-0.15, -0.1) is 0 Å². The zero-order valence-electron chi connectivity index (χ0n) is 19.3. The Morgan fingerprint density at radius 1 is 1.00 bits per heavy atom. The van der Waals surface area contributed by atoms with Crippen molar-refractivity contribution in [2.24, 2.45) is 0 Å². The fraction of sp³-hybridized carbons (Fsp3) is 0.423. The minimum absolute atomic E-state index is 0.262. The highest BCUT2D eigenvalue weighted by Gasteiger charge is 2.32. The molecule has 0 fully saturated rings. The monoisotopic (exact) mass is 454 g/mol. The number of nitrogens with one attached hydrogen (secondary N) is 1. The second-order valence-electron chi connectivity index (χ2n) is 8.11. The number of hydrogen-bond donors (Lipinski definition) is 1. The quantitative estimate of drug-likeness (QED) is 0.409. The van der Waals surface area contributed by atoms with Crippen LogP contribution >= 0.6 is 0 Å². The Balaban J connectivity index is 1.48. The Bertz CT molecular complexity index is 1030. The topological polar surface area (TPSA) is 60.0 Å². The van der Waals surface area contributed by atoms with Crippen molar-refractivity contribution in [3.8, 4) is 0 Å². The predicted molar refractivity (Wildman–Crippen MR) is 126 cm³/mol. The molecule has 0 unspecified atom stereocenters. The molecule has 0 radical (unpaired) electrons. The molecule has 0 saturated carbocycles. The van der Waals surface area contributed by atoms with Crippen molar-refractivity contribution >= 4 is 22.9 Å². The van der Waals surface area contributed by atoms with Crippen molar-refractivity contribution in [1.82, 2.24) is 4.90 Å². The van der Waals surface area contributed by atoms with Crippen molar-refractivity contribution < 1.29 is 23.4 Å². The number of carbonyl (C=O) groups excluding carboxylic acids is 1. The largest absolute Gasteiger partial charge is 0.487 e. The van der Waals surface area contributed by atoms with Crippen molar-refractivity contribution in [3.05, 3.63) is 64.5 Å². The molecule has 2 aliphatic rings. The zero-order chi connectivity index (χ0) is 23.2. The van der Waals surface area contributed by atoms with Crippen molar-refractivity contribution in [3.63, 3.8) is 0 Å². The van der Waals surface area contributed by atoms with E-state index in [0.717, 1.165) is 50.4 Å². The lowest BCUT2D eigenvalue weighted by molar-refractivity contribution is -0.110. The van der Waals surface area contributed by atoms with E-state index in [0.29, 0.717) is 42.4 Å². The first-order valence-corrected chi connectivity index (χ1v) is 11.6. The summed E-state index contributed by atoms with van der Waals surface area (Å²) in [5.74, 6) is -0.120. The van der Waals surface area contributed by atoms with E-state index in [1.165, 1.54) is 17.7 Å². The SMILES string of the molecule is CCOCCN(CCOCC)CCc1ccc2c(c1)CO/C2=C1/C(=O)Nc2ccc(F)cc21. The number of halogens is 1. The van der Waals surface area contributed by atoms with E-state index in [1.54, 1.807) is 6.07 Å². The molecule has 0 saturated heterocycles. The molecule has 1 N–H and O–H groups in total. The van der Waals surface area contributed by atoms with E-state index in [-0.39, 0.29) is 11.7 Å². The molecule has 0 bridgehead atoms. The van der Waals surface area contributed by atoms with Crippen LogP contribution in [0.25, 0.3) is 11.3 Å². The number of amides is 1. The molecular weight excluding hydrogens is 423 g/mol. The van der Waals surface area contributed by atoms with Gasteiger partial charge in [-0.3, -0.25) is 9.69 Å². The van der Waals surface area contributed by atoms with Crippen LogP contribution in [0.3, 0.4) is 0 Å². The highest BCUT2D eigenvalue weighted by Crippen LogP contribution is 2.41. The van der Waals surface area contributed by atoms with Gasteiger partial charge < -0.3 is 19.5 Å². The average molecular weight is 455 g/mol. The van der Waals surface area contributed by atoms with Crippen LogP contribution in [0.1, 0.15) is 36.1 Å². The van der Waals surface area contributed by atoms with E-state index in [1.807, 2.05) is 19.9 Å². The van der Waals surface area contributed by atoms with E-state index < -0.39 is 0 Å². The first-order valence-electron chi connectivity index (χ1n) is 11.6. The molecule has 2 heterocycles. The summed E-state index contributed by atoms with van der Waals surface area (Å²) in [6.45, 7) is 9.92. The maximum absolute atomic E-state index is 13.8. The standard InChI is InChI=1S/C26H31FN2O4/c1-3-31-13-11-29(12-14-32-4-2)10-9-18-5-7-21-19(15-18)17-33-25(21)24-22-16-20(27)6-8-23(22)28-26(24)30/h5-8,15-16H,3-4,9-14,17H2,1-2H3,(H,28,30)/b25-24+. The van der Waals surface area contributed by atoms with Gasteiger partial charge in [0.2, 0.25) is 0 Å². The van der Waals surface area contributed by atoms with Gasteiger partial charge in [-0.25, -0.2) is 4.39 Å². The van der Waals surface area contributed by atoms with Crippen LogP contribution in [-0.4, -0.2) is 56.9 Å². The van der Waals surface area contributed by atoms with E-state index in [9.17, 15) is 9.18 Å². The molecule has 0 spiro atoms. The van der Waals surface area contributed by atoms with E-state index in [4.69, 9.17) is 14.2 Å². The third kappa shape index (κ3) is 5.43. The highest BCUT2D eigenvalue weighted by molar-refractivity contribution is 6.36. The normalized spacial score (nSPS) is 16.7. The van der Waals surface area contributed by atoms with Crippen molar-refractivity contribution in [2.75, 3.05) is 51.4 Å². The van der Waals surface area contributed by atoms with Gasteiger partial charge in [0.1, 0.15) is 18.2 Å². The molecule has 0 atom stereocenters. The van der Waals surface area contributed by atoms with Gasteiger partial charge in [0.05, 0.1) is 18.8 Å². The summed E-state index contributed by atoms with van der Waals surface area (Å²) in [6, 6.07) is 10.5. The number of hydrogen-bond acceptors (Lipinski definition) is 5. The third-order valence-electron chi connectivity index (χ3n) is 5.97. The molecule has 0 aliphatic carbocycles. The van der Waals surface area contributed by atoms with Crippen LogP contribution < -0.4 is 5.32 Å². The smallest absolute Gasteiger partial charge is 0.260 e. The molecular formula is C26H31FN2O4. The number of fused-ring (bicyclic) bond motifs is 2. The van der Waals surface area contributed by atoms with Crippen molar-refractivity contribution in [2.45, 2.75) is 26.9 Å². The van der Waals surface area contributed by atoms with E-state index >= 15 is 0 Å². The Morgan fingerprint density at radius 3 is 2.48 bits per heavy atom. The van der Waals surface area contributed by atoms with Crippen LogP contribution in [-0.2, 0) is 32.0 Å².